The molecule has 0 aliphatic heterocycles. The van der Waals surface area contributed by atoms with E-state index < -0.39 is 6.86 Å². The summed E-state index contributed by atoms with van der Waals surface area (Å²) in [6.45, 7) is -0.853. The number of benzene rings is 2. The first kappa shape index (κ1) is 13.9. The van der Waals surface area contributed by atoms with Gasteiger partial charge in [0.2, 0.25) is 6.86 Å². The number of aliphatic imine (C=N–C) groups is 1. The third kappa shape index (κ3) is 4.02. The van der Waals surface area contributed by atoms with Gasteiger partial charge in [0, 0.05) is 18.2 Å². The smallest absolute Gasteiger partial charge is 0.228 e. The molecule has 2 aromatic rings. The van der Waals surface area contributed by atoms with Gasteiger partial charge in [0.05, 0.1) is 5.69 Å². The van der Waals surface area contributed by atoms with E-state index in [1.807, 2.05) is 18.2 Å². The maximum Gasteiger partial charge on any atom is 0.228 e. The van der Waals surface area contributed by atoms with Crippen molar-refractivity contribution in [2.45, 2.75) is 6.42 Å². The van der Waals surface area contributed by atoms with Crippen LogP contribution >= 0.6 is 0 Å². The highest BCUT2D eigenvalue weighted by Gasteiger charge is 2.02. The summed E-state index contributed by atoms with van der Waals surface area (Å²) in [6, 6.07) is 15.7. The van der Waals surface area contributed by atoms with Crippen LogP contribution in [-0.4, -0.2) is 18.9 Å². The summed E-state index contributed by atoms with van der Waals surface area (Å²) in [4.78, 5) is 16.0. The number of rotatable bonds is 6. The standard InChI is InChI=1S/C16H14FNO2/c17-12-20-15-8-6-14(7-9-15)18-11-10-16(19)13-4-2-1-3-5-13/h1-9,11H,10,12H2. The van der Waals surface area contributed by atoms with Crippen molar-refractivity contribution in [2.75, 3.05) is 6.86 Å². The number of hydrogen-bond donors (Lipinski definition) is 0. The van der Waals surface area contributed by atoms with Crippen molar-refractivity contribution >= 4 is 17.7 Å². The van der Waals surface area contributed by atoms with Gasteiger partial charge in [-0.05, 0) is 24.3 Å². The van der Waals surface area contributed by atoms with E-state index in [4.69, 9.17) is 0 Å². The molecule has 0 spiro atoms. The number of alkyl halides is 1. The van der Waals surface area contributed by atoms with E-state index in [0.29, 0.717) is 17.0 Å². The maximum absolute atomic E-state index is 11.9. The quantitative estimate of drug-likeness (QED) is 0.589. The highest BCUT2D eigenvalue weighted by atomic mass is 19.1. The zero-order valence-corrected chi connectivity index (χ0v) is 10.8. The molecule has 0 saturated carbocycles. The van der Waals surface area contributed by atoms with Gasteiger partial charge in [0.15, 0.2) is 5.78 Å². The average Bonchev–Trinajstić information content (AvgIpc) is 2.50. The van der Waals surface area contributed by atoms with Gasteiger partial charge in [-0.3, -0.25) is 9.79 Å². The Labute approximate surface area is 116 Å². The van der Waals surface area contributed by atoms with E-state index in [1.165, 1.54) is 0 Å². The van der Waals surface area contributed by atoms with Crippen LogP contribution in [0.1, 0.15) is 16.8 Å². The van der Waals surface area contributed by atoms with Crippen molar-refractivity contribution < 1.29 is 13.9 Å². The van der Waals surface area contributed by atoms with E-state index >= 15 is 0 Å². The first-order chi connectivity index (χ1) is 9.79. The van der Waals surface area contributed by atoms with Crippen LogP contribution in [0.15, 0.2) is 59.6 Å². The Morgan fingerprint density at radius 3 is 2.45 bits per heavy atom. The minimum Gasteiger partial charge on any atom is -0.463 e. The molecule has 0 atom stereocenters. The first-order valence-electron chi connectivity index (χ1n) is 6.19. The first-order valence-corrected chi connectivity index (χ1v) is 6.19. The van der Waals surface area contributed by atoms with Gasteiger partial charge in [0.25, 0.3) is 0 Å². The highest BCUT2D eigenvalue weighted by Crippen LogP contribution is 2.17. The molecule has 0 N–H and O–H groups in total. The van der Waals surface area contributed by atoms with Gasteiger partial charge < -0.3 is 4.74 Å². The second-order valence-electron chi connectivity index (χ2n) is 4.05. The fourth-order valence-corrected chi connectivity index (χ4v) is 1.67. The number of ether oxygens (including phenoxy) is 1. The van der Waals surface area contributed by atoms with Crippen LogP contribution in [0.2, 0.25) is 0 Å². The van der Waals surface area contributed by atoms with Crippen molar-refractivity contribution in [3.8, 4) is 5.75 Å². The second-order valence-corrected chi connectivity index (χ2v) is 4.05. The lowest BCUT2D eigenvalue weighted by Crippen LogP contribution is -1.98. The van der Waals surface area contributed by atoms with Crippen LogP contribution in [0.5, 0.6) is 5.75 Å². The summed E-state index contributed by atoms with van der Waals surface area (Å²) in [7, 11) is 0. The molecule has 102 valence electrons. The van der Waals surface area contributed by atoms with Crippen LogP contribution in [0, 0.1) is 0 Å². The van der Waals surface area contributed by atoms with Crippen molar-refractivity contribution in [1.29, 1.82) is 0 Å². The van der Waals surface area contributed by atoms with Crippen LogP contribution in [0.4, 0.5) is 10.1 Å². The Morgan fingerprint density at radius 1 is 1.10 bits per heavy atom. The Hall–Kier alpha value is -2.49. The Balaban J connectivity index is 1.91. The van der Waals surface area contributed by atoms with Crippen LogP contribution in [0.25, 0.3) is 0 Å². The van der Waals surface area contributed by atoms with Gasteiger partial charge in [-0.1, -0.05) is 30.3 Å². The third-order valence-electron chi connectivity index (χ3n) is 2.67. The topological polar surface area (TPSA) is 38.7 Å². The number of carbonyl (C=O) groups excluding carboxylic acids is 1. The minimum atomic E-state index is -0.853. The molecule has 4 heteroatoms. The summed E-state index contributed by atoms with van der Waals surface area (Å²) in [5.41, 5.74) is 1.36. The zero-order valence-electron chi connectivity index (χ0n) is 10.8. The van der Waals surface area contributed by atoms with Crippen molar-refractivity contribution in [3.63, 3.8) is 0 Å². The van der Waals surface area contributed by atoms with Crippen molar-refractivity contribution in [1.82, 2.24) is 0 Å². The number of nitrogens with zero attached hydrogens (tertiary/aromatic N) is 1. The molecule has 0 heterocycles. The van der Waals surface area contributed by atoms with Gasteiger partial charge >= 0.3 is 0 Å². The lowest BCUT2D eigenvalue weighted by Gasteiger charge is -2.00. The molecular weight excluding hydrogens is 257 g/mol. The molecule has 2 aromatic carbocycles. The fraction of sp³-hybridized carbons (Fsp3) is 0.125. The molecule has 0 radical (unpaired) electrons. The van der Waals surface area contributed by atoms with E-state index in [0.717, 1.165) is 0 Å². The monoisotopic (exact) mass is 271 g/mol. The SMILES string of the molecule is O=C(CC=Nc1ccc(OCF)cc1)c1ccccc1. The van der Waals surface area contributed by atoms with Gasteiger partial charge in [-0.15, -0.1) is 0 Å². The summed E-state index contributed by atoms with van der Waals surface area (Å²) in [5, 5.41) is 0. The average molecular weight is 271 g/mol. The molecule has 0 aliphatic carbocycles. The Morgan fingerprint density at radius 2 is 1.80 bits per heavy atom. The second kappa shape index (κ2) is 7.19. The number of ketones is 1. The number of halogens is 1. The van der Waals surface area contributed by atoms with E-state index in [9.17, 15) is 9.18 Å². The summed E-state index contributed by atoms with van der Waals surface area (Å²) >= 11 is 0. The van der Waals surface area contributed by atoms with Crippen molar-refractivity contribution in [2.24, 2.45) is 4.99 Å². The number of Topliss-reactive ketones (excluding diaryl/α,β-unsaturated/α-hetero) is 1. The molecule has 2 rings (SSSR count). The van der Waals surface area contributed by atoms with Crippen LogP contribution in [0.3, 0.4) is 0 Å². The summed E-state index contributed by atoms with van der Waals surface area (Å²) in [6.07, 6.45) is 1.81. The van der Waals surface area contributed by atoms with Crippen LogP contribution < -0.4 is 4.74 Å². The van der Waals surface area contributed by atoms with Gasteiger partial charge in [0.1, 0.15) is 5.75 Å². The lowest BCUT2D eigenvalue weighted by atomic mass is 10.1. The largest absolute Gasteiger partial charge is 0.463 e. The minimum absolute atomic E-state index is 0.0201. The lowest BCUT2D eigenvalue weighted by molar-refractivity contribution is 0.100. The Bertz CT molecular complexity index is 579. The molecule has 0 bridgehead atoms. The van der Waals surface area contributed by atoms with E-state index in [-0.39, 0.29) is 12.2 Å². The molecule has 0 aliphatic rings. The normalized spacial score (nSPS) is 10.7. The van der Waals surface area contributed by atoms with E-state index in [1.54, 1.807) is 42.6 Å². The molecular formula is C16H14FNO2. The summed E-state index contributed by atoms with van der Waals surface area (Å²) in [5.74, 6) is 0.471. The van der Waals surface area contributed by atoms with Crippen molar-refractivity contribution in [3.05, 3.63) is 60.2 Å². The highest BCUT2D eigenvalue weighted by molar-refractivity contribution is 6.03. The molecule has 0 fully saturated rings. The molecule has 0 aromatic heterocycles. The molecule has 3 nitrogen and oxygen atoms in total. The maximum atomic E-state index is 11.9. The zero-order chi connectivity index (χ0) is 14.2. The van der Waals surface area contributed by atoms with Gasteiger partial charge in [-0.25, -0.2) is 4.39 Å². The summed E-state index contributed by atoms with van der Waals surface area (Å²) < 4.78 is 16.6. The predicted octanol–water partition coefficient (Wildman–Crippen LogP) is 3.97. The number of hydrogen-bond acceptors (Lipinski definition) is 3. The molecule has 0 unspecified atom stereocenters. The van der Waals surface area contributed by atoms with E-state index in [2.05, 4.69) is 9.73 Å². The molecule has 20 heavy (non-hydrogen) atoms. The van der Waals surface area contributed by atoms with Crippen LogP contribution in [-0.2, 0) is 0 Å². The fourth-order valence-electron chi connectivity index (χ4n) is 1.67. The molecule has 0 amide bonds. The molecule has 0 saturated heterocycles. The third-order valence-corrected chi connectivity index (χ3v) is 2.67. The van der Waals surface area contributed by atoms with Gasteiger partial charge in [-0.2, -0.15) is 0 Å². The Kier molecular flexibility index (Phi) is 5.00. The predicted molar refractivity (Wildman–Crippen MR) is 76.6 cm³/mol. The number of carbonyl (C=O) groups is 1.